The lowest BCUT2D eigenvalue weighted by Gasteiger charge is -2.38. The van der Waals surface area contributed by atoms with Gasteiger partial charge < -0.3 is 14.7 Å². The predicted octanol–water partition coefficient (Wildman–Crippen LogP) is 2.81. The molecule has 1 aliphatic rings. The van der Waals surface area contributed by atoms with Crippen LogP contribution in [0.2, 0.25) is 0 Å². The van der Waals surface area contributed by atoms with Crippen LogP contribution in [0.4, 0.5) is 9.18 Å². The molecule has 0 bridgehead atoms. The molecule has 10 heteroatoms. The maximum Gasteiger partial charge on any atom is 0.409 e. The fraction of sp³-hybridized carbons (Fsp3) is 0.421. The summed E-state index contributed by atoms with van der Waals surface area (Å²) in [5.41, 5.74) is 0.728. The van der Waals surface area contributed by atoms with E-state index in [0.717, 1.165) is 5.56 Å². The van der Waals surface area contributed by atoms with Gasteiger partial charge in [-0.2, -0.15) is 4.52 Å². The van der Waals surface area contributed by atoms with Crippen LogP contribution < -0.4 is 0 Å². The van der Waals surface area contributed by atoms with Gasteiger partial charge >= 0.3 is 6.09 Å². The van der Waals surface area contributed by atoms with Gasteiger partial charge in [0.15, 0.2) is 0 Å². The molecule has 1 N–H and O–H groups in total. The van der Waals surface area contributed by atoms with Gasteiger partial charge in [0.25, 0.3) is 0 Å². The molecule has 1 aromatic carbocycles. The number of benzene rings is 1. The highest BCUT2D eigenvalue weighted by Gasteiger charge is 2.33. The second-order valence-electron chi connectivity index (χ2n) is 6.82. The van der Waals surface area contributed by atoms with Gasteiger partial charge in [-0.25, -0.2) is 14.2 Å². The number of ether oxygens (including phenoxy) is 1. The average Bonchev–Trinajstić information content (AvgIpc) is 3.20. The minimum Gasteiger partial charge on any atom is -0.492 e. The Kier molecular flexibility index (Phi) is 5.37. The van der Waals surface area contributed by atoms with E-state index in [1.54, 1.807) is 24.8 Å². The lowest BCUT2D eigenvalue weighted by atomic mass is 10.0. The summed E-state index contributed by atoms with van der Waals surface area (Å²) in [4.78, 5) is 21.4. The molecule has 1 saturated heterocycles. The molecule has 0 radical (unpaired) electrons. The van der Waals surface area contributed by atoms with Crippen molar-refractivity contribution in [3.63, 3.8) is 0 Å². The summed E-state index contributed by atoms with van der Waals surface area (Å²) in [6.07, 6.45) is -0.327. The molecule has 0 aliphatic carbocycles. The number of piperazine rings is 1. The summed E-state index contributed by atoms with van der Waals surface area (Å²) >= 11 is 1.33. The van der Waals surface area contributed by atoms with Gasteiger partial charge in [-0.3, -0.25) is 4.90 Å². The highest BCUT2D eigenvalue weighted by Crippen LogP contribution is 2.40. The first-order valence-electron chi connectivity index (χ1n) is 9.44. The van der Waals surface area contributed by atoms with Gasteiger partial charge in [0.2, 0.25) is 10.8 Å². The van der Waals surface area contributed by atoms with Crippen LogP contribution in [0.1, 0.15) is 29.2 Å². The number of carbonyl (C=O) groups excluding carboxylic acids is 1. The van der Waals surface area contributed by atoms with E-state index < -0.39 is 0 Å². The van der Waals surface area contributed by atoms with Crippen molar-refractivity contribution in [2.75, 3.05) is 32.8 Å². The Bertz CT molecular complexity index is 1030. The Labute approximate surface area is 171 Å². The summed E-state index contributed by atoms with van der Waals surface area (Å²) in [6, 6.07) is 5.99. The van der Waals surface area contributed by atoms with Crippen molar-refractivity contribution < 1.29 is 19.0 Å². The third-order valence-corrected chi connectivity index (χ3v) is 6.00. The Morgan fingerprint density at radius 2 is 2.10 bits per heavy atom. The Hall–Kier alpha value is -2.72. The first kappa shape index (κ1) is 19.6. The molecule has 1 atom stereocenters. The van der Waals surface area contributed by atoms with Gasteiger partial charge in [0.1, 0.15) is 11.6 Å². The van der Waals surface area contributed by atoms with Crippen molar-refractivity contribution in [1.29, 1.82) is 0 Å². The van der Waals surface area contributed by atoms with Crippen molar-refractivity contribution in [3.05, 3.63) is 46.3 Å². The molecule has 3 aromatic rings. The van der Waals surface area contributed by atoms with E-state index in [1.165, 1.54) is 28.0 Å². The van der Waals surface area contributed by atoms with Crippen molar-refractivity contribution in [2.24, 2.45) is 0 Å². The smallest absolute Gasteiger partial charge is 0.409 e. The molecule has 2 aromatic heterocycles. The van der Waals surface area contributed by atoms with E-state index in [9.17, 15) is 14.3 Å². The Balaban J connectivity index is 1.67. The molecule has 0 saturated carbocycles. The Morgan fingerprint density at radius 3 is 2.76 bits per heavy atom. The molecular formula is C19H22FN5O3S. The molecule has 0 spiro atoms. The first-order chi connectivity index (χ1) is 14.0. The zero-order chi connectivity index (χ0) is 20.5. The van der Waals surface area contributed by atoms with Crippen molar-refractivity contribution in [3.8, 4) is 5.88 Å². The number of hydrogen-bond donors (Lipinski definition) is 1. The number of halogens is 1. The number of hydrogen-bond acceptors (Lipinski definition) is 7. The molecule has 29 heavy (non-hydrogen) atoms. The van der Waals surface area contributed by atoms with Crippen molar-refractivity contribution in [2.45, 2.75) is 19.9 Å². The van der Waals surface area contributed by atoms with Gasteiger partial charge in [-0.15, -0.1) is 5.10 Å². The van der Waals surface area contributed by atoms with E-state index in [1.807, 2.05) is 6.07 Å². The first-order valence-corrected chi connectivity index (χ1v) is 10.3. The molecule has 154 valence electrons. The fourth-order valence-corrected chi connectivity index (χ4v) is 4.77. The second kappa shape index (κ2) is 7.96. The zero-order valence-electron chi connectivity index (χ0n) is 16.2. The molecular weight excluding hydrogens is 397 g/mol. The van der Waals surface area contributed by atoms with Crippen molar-refractivity contribution >= 4 is 22.4 Å². The van der Waals surface area contributed by atoms with Gasteiger partial charge in [-0.05, 0) is 31.5 Å². The topological polar surface area (TPSA) is 83.2 Å². The van der Waals surface area contributed by atoms with Crippen LogP contribution in [0.25, 0.3) is 4.96 Å². The molecule has 8 nitrogen and oxygen atoms in total. The standard InChI is InChI=1S/C19H22FN5O3S/c1-3-28-19(27)24-9-7-23(8-10-24)15(13-5-4-6-14(20)11-13)16-17(26)25-18(29-16)21-12(2)22-25/h4-6,11,15,26H,3,7-10H2,1-2H3. The number of fused-ring (bicyclic) bond motifs is 1. The van der Waals surface area contributed by atoms with E-state index in [0.29, 0.717) is 48.4 Å². The monoisotopic (exact) mass is 419 g/mol. The van der Waals surface area contributed by atoms with Crippen LogP contribution in [0.3, 0.4) is 0 Å². The SMILES string of the molecule is CCOC(=O)N1CCN(C(c2cccc(F)c2)c2sc3nc(C)nn3c2O)CC1. The highest BCUT2D eigenvalue weighted by molar-refractivity contribution is 7.17. The van der Waals surface area contributed by atoms with Crippen LogP contribution in [0, 0.1) is 12.7 Å². The maximum atomic E-state index is 14.0. The fourth-order valence-electron chi connectivity index (χ4n) is 3.61. The summed E-state index contributed by atoms with van der Waals surface area (Å²) in [7, 11) is 0. The van der Waals surface area contributed by atoms with E-state index in [4.69, 9.17) is 4.74 Å². The molecule has 1 aliphatic heterocycles. The summed E-state index contributed by atoms with van der Waals surface area (Å²) < 4.78 is 20.5. The normalized spacial score (nSPS) is 16.3. The Morgan fingerprint density at radius 1 is 1.34 bits per heavy atom. The third kappa shape index (κ3) is 3.77. The minimum atomic E-state index is -0.371. The molecule has 4 rings (SSSR count). The summed E-state index contributed by atoms with van der Waals surface area (Å²) in [5, 5.41) is 15.0. The van der Waals surface area contributed by atoms with Crippen LogP contribution in [-0.4, -0.2) is 68.4 Å². The van der Waals surface area contributed by atoms with Gasteiger partial charge in [0, 0.05) is 26.2 Å². The third-order valence-electron chi connectivity index (χ3n) is 4.92. The summed E-state index contributed by atoms with van der Waals surface area (Å²) in [5.74, 6) is 0.239. The second-order valence-corrected chi connectivity index (χ2v) is 7.83. The van der Waals surface area contributed by atoms with Crippen LogP contribution in [-0.2, 0) is 4.74 Å². The van der Waals surface area contributed by atoms with E-state index in [-0.39, 0.29) is 23.8 Å². The molecule has 1 unspecified atom stereocenters. The number of aromatic nitrogens is 3. The number of carbonyl (C=O) groups is 1. The molecule has 1 fully saturated rings. The minimum absolute atomic E-state index is 0.00711. The lowest BCUT2D eigenvalue weighted by Crippen LogP contribution is -2.49. The number of amides is 1. The maximum absolute atomic E-state index is 14.0. The van der Waals surface area contributed by atoms with Crippen molar-refractivity contribution in [1.82, 2.24) is 24.4 Å². The van der Waals surface area contributed by atoms with Gasteiger partial charge in [0.05, 0.1) is 17.5 Å². The molecule has 3 heterocycles. The zero-order valence-corrected chi connectivity index (χ0v) is 17.0. The lowest BCUT2D eigenvalue weighted by molar-refractivity contribution is 0.0715. The average molecular weight is 419 g/mol. The van der Waals surface area contributed by atoms with E-state index >= 15 is 0 Å². The number of aromatic hydroxyl groups is 1. The number of thiazole rings is 1. The number of aryl methyl sites for hydroxylation is 1. The van der Waals surface area contributed by atoms with Crippen LogP contribution in [0.5, 0.6) is 5.88 Å². The number of rotatable bonds is 4. The summed E-state index contributed by atoms with van der Waals surface area (Å²) in [6.45, 7) is 5.98. The van der Waals surface area contributed by atoms with Gasteiger partial charge in [-0.1, -0.05) is 23.5 Å². The quantitative estimate of drug-likeness (QED) is 0.700. The largest absolute Gasteiger partial charge is 0.492 e. The highest BCUT2D eigenvalue weighted by atomic mass is 32.1. The molecule has 1 amide bonds. The predicted molar refractivity (Wildman–Crippen MR) is 106 cm³/mol. The van der Waals surface area contributed by atoms with Crippen LogP contribution >= 0.6 is 11.3 Å². The number of nitrogens with zero attached hydrogens (tertiary/aromatic N) is 5. The van der Waals surface area contributed by atoms with Crippen LogP contribution in [0.15, 0.2) is 24.3 Å². The van der Waals surface area contributed by atoms with E-state index in [2.05, 4.69) is 15.0 Å².